The Morgan fingerprint density at radius 2 is 1.81 bits per heavy atom. The molecular weight excluding hydrogens is 284 g/mol. The zero-order chi connectivity index (χ0) is 15.3. The van der Waals surface area contributed by atoms with E-state index in [0.717, 1.165) is 30.8 Å². The molecule has 0 aliphatic carbocycles. The fraction of sp³-hybridized carbons (Fsp3) is 0.500. The van der Waals surface area contributed by atoms with Crippen LogP contribution in [0.25, 0.3) is 0 Å². The van der Waals surface area contributed by atoms with E-state index in [9.17, 15) is 9.59 Å². The molecule has 0 saturated carbocycles. The summed E-state index contributed by atoms with van der Waals surface area (Å²) >= 11 is 1.48. The highest BCUT2D eigenvalue weighted by atomic mass is 32.2. The van der Waals surface area contributed by atoms with Crippen LogP contribution in [0, 0.1) is 0 Å². The average Bonchev–Trinajstić information content (AvgIpc) is 2.99. The van der Waals surface area contributed by atoms with E-state index in [1.165, 1.54) is 11.8 Å². The molecule has 1 fully saturated rings. The van der Waals surface area contributed by atoms with Crippen LogP contribution < -0.4 is 5.32 Å². The summed E-state index contributed by atoms with van der Waals surface area (Å²) in [5.41, 5.74) is -0.835. The van der Waals surface area contributed by atoms with E-state index in [2.05, 4.69) is 5.32 Å². The smallest absolute Gasteiger partial charge is 0.247 e. The normalized spacial score (nSPS) is 15.0. The van der Waals surface area contributed by atoms with Gasteiger partial charge in [-0.2, -0.15) is 0 Å². The van der Waals surface area contributed by atoms with Crippen LogP contribution in [0.1, 0.15) is 26.7 Å². The molecule has 1 aromatic rings. The number of hydrogen-bond acceptors (Lipinski definition) is 3. The van der Waals surface area contributed by atoms with Gasteiger partial charge in [0.05, 0.1) is 5.75 Å². The minimum absolute atomic E-state index is 0.0121. The van der Waals surface area contributed by atoms with E-state index in [4.69, 9.17) is 0 Å². The first-order valence-corrected chi connectivity index (χ1v) is 8.26. The third-order valence-corrected chi connectivity index (χ3v) is 4.51. The summed E-state index contributed by atoms with van der Waals surface area (Å²) in [5.74, 6) is 0.222. The van der Waals surface area contributed by atoms with Crippen molar-refractivity contribution in [2.24, 2.45) is 0 Å². The van der Waals surface area contributed by atoms with Crippen molar-refractivity contribution in [3.8, 4) is 0 Å². The van der Waals surface area contributed by atoms with E-state index in [1.807, 2.05) is 35.2 Å². The Kier molecular flexibility index (Phi) is 5.28. The molecule has 2 rings (SSSR count). The Morgan fingerprint density at radius 1 is 1.19 bits per heavy atom. The van der Waals surface area contributed by atoms with E-state index in [1.54, 1.807) is 13.8 Å². The summed E-state index contributed by atoms with van der Waals surface area (Å²) in [5, 5.41) is 2.85. The Balaban J connectivity index is 1.84. The molecule has 1 N–H and O–H groups in total. The number of amides is 2. The molecule has 1 aromatic carbocycles. The Labute approximate surface area is 130 Å². The second-order valence-corrected chi connectivity index (χ2v) is 6.82. The monoisotopic (exact) mass is 306 g/mol. The maximum absolute atomic E-state index is 12.4. The summed E-state index contributed by atoms with van der Waals surface area (Å²) < 4.78 is 0. The van der Waals surface area contributed by atoms with E-state index >= 15 is 0 Å². The molecule has 5 heteroatoms. The predicted molar refractivity (Wildman–Crippen MR) is 85.2 cm³/mol. The van der Waals surface area contributed by atoms with Crippen molar-refractivity contribution < 1.29 is 9.59 Å². The number of likely N-dealkylation sites (tertiary alicyclic amines) is 1. The van der Waals surface area contributed by atoms with Crippen LogP contribution in [0.5, 0.6) is 0 Å². The molecule has 21 heavy (non-hydrogen) atoms. The van der Waals surface area contributed by atoms with Gasteiger partial charge in [-0.05, 0) is 38.8 Å². The molecule has 0 radical (unpaired) electrons. The first-order chi connectivity index (χ1) is 9.99. The Hall–Kier alpha value is -1.49. The topological polar surface area (TPSA) is 49.4 Å². The molecule has 0 unspecified atom stereocenters. The van der Waals surface area contributed by atoms with Crippen LogP contribution in [0.3, 0.4) is 0 Å². The van der Waals surface area contributed by atoms with Gasteiger partial charge >= 0.3 is 0 Å². The molecule has 0 spiro atoms. The van der Waals surface area contributed by atoms with Gasteiger partial charge in [0.1, 0.15) is 5.54 Å². The van der Waals surface area contributed by atoms with Gasteiger partial charge in [-0.25, -0.2) is 0 Å². The standard InChI is InChI=1S/C16H22N2O2S/c1-16(2,15(20)18-10-6-7-11-18)17-14(19)12-21-13-8-4-3-5-9-13/h3-5,8-9H,6-7,10-12H2,1-2H3,(H,17,19). The van der Waals surface area contributed by atoms with Crippen molar-refractivity contribution in [3.05, 3.63) is 30.3 Å². The van der Waals surface area contributed by atoms with Crippen LogP contribution in [0.4, 0.5) is 0 Å². The highest BCUT2D eigenvalue weighted by Crippen LogP contribution is 2.18. The highest BCUT2D eigenvalue weighted by molar-refractivity contribution is 8.00. The van der Waals surface area contributed by atoms with Crippen molar-refractivity contribution in [2.45, 2.75) is 37.1 Å². The van der Waals surface area contributed by atoms with Gasteiger partial charge in [0.15, 0.2) is 0 Å². The third kappa shape index (κ3) is 4.49. The van der Waals surface area contributed by atoms with Crippen molar-refractivity contribution in [1.82, 2.24) is 10.2 Å². The SMILES string of the molecule is CC(C)(NC(=O)CSc1ccccc1)C(=O)N1CCCC1. The average molecular weight is 306 g/mol. The number of benzene rings is 1. The minimum atomic E-state index is -0.835. The van der Waals surface area contributed by atoms with Gasteiger partial charge in [-0.1, -0.05) is 18.2 Å². The molecule has 4 nitrogen and oxygen atoms in total. The number of nitrogens with zero attached hydrogens (tertiary/aromatic N) is 1. The fourth-order valence-corrected chi connectivity index (χ4v) is 3.14. The van der Waals surface area contributed by atoms with Crippen LogP contribution in [-0.4, -0.2) is 41.1 Å². The van der Waals surface area contributed by atoms with Crippen molar-refractivity contribution in [3.63, 3.8) is 0 Å². The van der Waals surface area contributed by atoms with E-state index in [-0.39, 0.29) is 11.8 Å². The maximum atomic E-state index is 12.4. The summed E-state index contributed by atoms with van der Waals surface area (Å²) in [6.07, 6.45) is 2.11. The van der Waals surface area contributed by atoms with Gasteiger partial charge < -0.3 is 10.2 Å². The number of thioether (sulfide) groups is 1. The Bertz CT molecular complexity index is 496. The van der Waals surface area contributed by atoms with E-state index < -0.39 is 5.54 Å². The van der Waals surface area contributed by atoms with Gasteiger partial charge in [-0.3, -0.25) is 9.59 Å². The molecule has 1 aliphatic heterocycles. The second-order valence-electron chi connectivity index (χ2n) is 5.77. The lowest BCUT2D eigenvalue weighted by molar-refractivity contribution is -0.139. The zero-order valence-electron chi connectivity index (χ0n) is 12.6. The fourth-order valence-electron chi connectivity index (χ4n) is 2.42. The molecule has 2 amide bonds. The molecule has 1 aliphatic rings. The van der Waals surface area contributed by atoms with Crippen molar-refractivity contribution >= 4 is 23.6 Å². The van der Waals surface area contributed by atoms with Crippen LogP contribution in [0.2, 0.25) is 0 Å². The summed E-state index contributed by atoms with van der Waals surface area (Å²) in [6.45, 7) is 5.16. The molecule has 0 bridgehead atoms. The lowest BCUT2D eigenvalue weighted by Gasteiger charge is -2.30. The van der Waals surface area contributed by atoms with Gasteiger partial charge in [0, 0.05) is 18.0 Å². The van der Waals surface area contributed by atoms with Gasteiger partial charge in [0.2, 0.25) is 11.8 Å². The quantitative estimate of drug-likeness (QED) is 0.849. The minimum Gasteiger partial charge on any atom is -0.341 e. The van der Waals surface area contributed by atoms with E-state index in [0.29, 0.717) is 5.75 Å². The summed E-state index contributed by atoms with van der Waals surface area (Å²) in [6, 6.07) is 9.78. The first kappa shape index (κ1) is 15.9. The van der Waals surface area contributed by atoms with Gasteiger partial charge in [-0.15, -0.1) is 11.8 Å². The zero-order valence-corrected chi connectivity index (χ0v) is 13.4. The molecule has 0 aromatic heterocycles. The molecule has 1 saturated heterocycles. The van der Waals surface area contributed by atoms with Crippen molar-refractivity contribution in [1.29, 1.82) is 0 Å². The second kappa shape index (κ2) is 6.98. The number of rotatable bonds is 5. The predicted octanol–water partition coefficient (Wildman–Crippen LogP) is 2.30. The molecule has 114 valence electrons. The van der Waals surface area contributed by atoms with Gasteiger partial charge in [0.25, 0.3) is 0 Å². The molecule has 0 atom stereocenters. The summed E-state index contributed by atoms with van der Waals surface area (Å²) in [4.78, 5) is 27.3. The van der Waals surface area contributed by atoms with Crippen LogP contribution >= 0.6 is 11.8 Å². The highest BCUT2D eigenvalue weighted by Gasteiger charge is 2.34. The molecule has 1 heterocycles. The lowest BCUT2D eigenvalue weighted by atomic mass is 10.0. The van der Waals surface area contributed by atoms with Crippen molar-refractivity contribution in [2.75, 3.05) is 18.8 Å². The molecular formula is C16H22N2O2S. The number of hydrogen-bond donors (Lipinski definition) is 1. The number of nitrogens with one attached hydrogen (secondary N) is 1. The third-order valence-electron chi connectivity index (χ3n) is 3.49. The summed E-state index contributed by atoms with van der Waals surface area (Å²) in [7, 11) is 0. The Morgan fingerprint density at radius 3 is 2.43 bits per heavy atom. The maximum Gasteiger partial charge on any atom is 0.247 e. The van der Waals surface area contributed by atoms with Crippen LogP contribution in [0.15, 0.2) is 35.2 Å². The largest absolute Gasteiger partial charge is 0.341 e. The lowest BCUT2D eigenvalue weighted by Crippen LogP contribution is -2.55. The first-order valence-electron chi connectivity index (χ1n) is 7.27. The van der Waals surface area contributed by atoms with Crippen LogP contribution in [-0.2, 0) is 9.59 Å². The number of carbonyl (C=O) groups excluding carboxylic acids is 2. The number of carbonyl (C=O) groups is 2.